The van der Waals surface area contributed by atoms with Gasteiger partial charge in [0.15, 0.2) is 11.6 Å². The Morgan fingerprint density at radius 1 is 1.12 bits per heavy atom. The average Bonchev–Trinajstić information content (AvgIpc) is 2.98. The van der Waals surface area contributed by atoms with Crippen molar-refractivity contribution in [1.82, 2.24) is 0 Å². The number of carbonyl (C=O) groups excluding carboxylic acids is 1. The van der Waals surface area contributed by atoms with Crippen molar-refractivity contribution in [2.24, 2.45) is 34.5 Å². The molecule has 7 nitrogen and oxygen atoms in total. The Bertz CT molecular complexity index is 860. The van der Waals surface area contributed by atoms with Gasteiger partial charge in [0.25, 0.3) is 0 Å². The molecule has 6 N–H and O–H groups in total. The molecule has 0 amide bonds. The van der Waals surface area contributed by atoms with Crippen LogP contribution in [0.3, 0.4) is 0 Å². The van der Waals surface area contributed by atoms with Crippen LogP contribution in [0.25, 0.3) is 0 Å². The highest BCUT2D eigenvalue weighted by atomic mass is 16.5. The summed E-state index contributed by atoms with van der Waals surface area (Å²) in [5, 5.41) is 64.4. The van der Waals surface area contributed by atoms with E-state index in [1.807, 2.05) is 13.8 Å². The molecule has 0 radical (unpaired) electrons. The van der Waals surface area contributed by atoms with Crippen LogP contribution in [0, 0.1) is 34.5 Å². The van der Waals surface area contributed by atoms with Crippen LogP contribution < -0.4 is 0 Å². The number of allylic oxidation sites excluding steroid dienone is 1. The van der Waals surface area contributed by atoms with Crippen LogP contribution in [0.4, 0.5) is 0 Å². The molecule has 4 rings (SSSR count). The number of hydrogen-bond acceptors (Lipinski definition) is 7. The maximum Gasteiger partial charge on any atom is 0.189 e. The number of aliphatic hydroxyl groups excluding tert-OH is 2. The van der Waals surface area contributed by atoms with Gasteiger partial charge in [0.05, 0.1) is 17.3 Å². The minimum absolute atomic E-state index is 0.00532. The smallest absolute Gasteiger partial charge is 0.189 e. The number of fused-ring (bicyclic) bond motifs is 5. The van der Waals surface area contributed by atoms with E-state index >= 15 is 0 Å². The predicted molar refractivity (Wildman–Crippen MR) is 126 cm³/mol. The second-order valence-electron chi connectivity index (χ2n) is 13.2. The molecule has 3 saturated carbocycles. The van der Waals surface area contributed by atoms with E-state index in [1.54, 1.807) is 19.9 Å². The Labute approximate surface area is 202 Å². The van der Waals surface area contributed by atoms with Gasteiger partial charge in [-0.3, -0.25) is 4.79 Å². The molecule has 0 aliphatic heterocycles. The Morgan fingerprint density at radius 2 is 1.76 bits per heavy atom. The topological polar surface area (TPSA) is 138 Å². The first kappa shape index (κ1) is 26.2. The molecule has 0 saturated heterocycles. The predicted octanol–water partition coefficient (Wildman–Crippen LogP) is 2.06. The molecule has 9 atom stereocenters. The zero-order valence-electron chi connectivity index (χ0n) is 21.3. The lowest BCUT2D eigenvalue weighted by molar-refractivity contribution is -0.276. The third-order valence-corrected chi connectivity index (χ3v) is 10.5. The quantitative estimate of drug-likeness (QED) is 0.331. The normalized spacial score (nSPS) is 45.6. The minimum atomic E-state index is -2.26. The Morgan fingerprint density at radius 3 is 2.38 bits per heavy atom. The van der Waals surface area contributed by atoms with Crippen LogP contribution in [0.2, 0.25) is 0 Å². The Kier molecular flexibility index (Phi) is 6.24. The van der Waals surface area contributed by atoms with Gasteiger partial charge in [-0.15, -0.1) is 0 Å². The molecule has 0 aromatic heterocycles. The lowest BCUT2D eigenvalue weighted by Gasteiger charge is -2.61. The van der Waals surface area contributed by atoms with Crippen molar-refractivity contribution in [2.75, 3.05) is 0 Å². The van der Waals surface area contributed by atoms with Crippen LogP contribution in [0.5, 0.6) is 0 Å². The number of ketones is 1. The summed E-state index contributed by atoms with van der Waals surface area (Å²) in [6, 6.07) is 0. The Balaban J connectivity index is 1.64. The zero-order valence-corrected chi connectivity index (χ0v) is 21.3. The molecule has 1 unspecified atom stereocenters. The summed E-state index contributed by atoms with van der Waals surface area (Å²) in [4.78, 5) is 13.3. The van der Waals surface area contributed by atoms with Crippen molar-refractivity contribution in [3.05, 3.63) is 11.6 Å². The zero-order chi connectivity index (χ0) is 25.5. The lowest BCUT2D eigenvalue weighted by atomic mass is 9.45. The highest BCUT2D eigenvalue weighted by Crippen LogP contribution is 2.68. The van der Waals surface area contributed by atoms with Crippen LogP contribution in [0.1, 0.15) is 86.0 Å². The van der Waals surface area contributed by atoms with Gasteiger partial charge >= 0.3 is 0 Å². The number of aliphatic hydroxyl groups is 6. The number of hydrogen-bond donors (Lipinski definition) is 6. The second kappa shape index (κ2) is 8.09. The molecule has 34 heavy (non-hydrogen) atoms. The maximum atomic E-state index is 13.3. The fourth-order valence-corrected chi connectivity index (χ4v) is 8.35. The molecular weight excluding hydrogens is 436 g/mol. The van der Waals surface area contributed by atoms with Crippen molar-refractivity contribution in [3.63, 3.8) is 0 Å². The molecule has 4 aliphatic rings. The van der Waals surface area contributed by atoms with E-state index in [2.05, 4.69) is 6.92 Å². The minimum Gasteiger partial charge on any atom is -0.393 e. The average molecular weight is 481 g/mol. The monoisotopic (exact) mass is 480 g/mol. The van der Waals surface area contributed by atoms with Gasteiger partial charge in [-0.25, -0.2) is 0 Å². The first-order valence-corrected chi connectivity index (χ1v) is 13.0. The van der Waals surface area contributed by atoms with E-state index in [1.165, 1.54) is 0 Å². The highest BCUT2D eigenvalue weighted by molar-refractivity contribution is 5.95. The molecule has 7 heteroatoms. The van der Waals surface area contributed by atoms with Gasteiger partial charge < -0.3 is 30.6 Å². The fourth-order valence-electron chi connectivity index (χ4n) is 8.35. The molecule has 194 valence electrons. The summed E-state index contributed by atoms with van der Waals surface area (Å²) in [5.41, 5.74) is -2.61. The standard InChI is InChI=1S/C27H44O7/c1-15(20(28)8-9-23(2,3)31)16-7-11-26(32)18-12-21(29)19-13-22(30)27(33,34)14-24(19,4)17(18)6-10-25(16,26)5/h12,15-17,19-20,22,28,30-34H,6-11,13-14H2,1-5H3/t15-,16+,17-,19-,20?,22+,24+,25+,26+/m0/s1. The molecule has 0 aromatic rings. The molecule has 0 bridgehead atoms. The molecule has 3 fully saturated rings. The van der Waals surface area contributed by atoms with Gasteiger partial charge in [-0.2, -0.15) is 0 Å². The maximum absolute atomic E-state index is 13.3. The van der Waals surface area contributed by atoms with Crippen molar-refractivity contribution >= 4 is 5.78 Å². The van der Waals surface area contributed by atoms with Crippen molar-refractivity contribution in [2.45, 2.75) is 115 Å². The lowest BCUT2D eigenvalue weighted by Crippen LogP contribution is -2.63. The van der Waals surface area contributed by atoms with Gasteiger partial charge in [-0.05, 0) is 93.6 Å². The molecular formula is C27H44O7. The number of rotatable bonds is 5. The second-order valence-corrected chi connectivity index (χ2v) is 13.2. The number of carbonyl (C=O) groups is 1. The van der Waals surface area contributed by atoms with Gasteiger partial charge in [0.2, 0.25) is 0 Å². The SMILES string of the molecule is C[C@H](C(O)CCC(C)(C)O)[C@H]1CC[C@@]2(O)C3=CC(=O)[C@@H]4C[C@@H](O)C(O)(O)C[C@]4(C)[C@H]3CC[C@]12C. The molecule has 4 aliphatic carbocycles. The van der Waals surface area contributed by atoms with E-state index in [0.29, 0.717) is 37.7 Å². The third kappa shape index (κ3) is 3.82. The summed E-state index contributed by atoms with van der Waals surface area (Å²) >= 11 is 0. The molecule has 0 aromatic carbocycles. The van der Waals surface area contributed by atoms with E-state index < -0.39 is 45.9 Å². The van der Waals surface area contributed by atoms with Crippen LogP contribution in [-0.2, 0) is 4.79 Å². The van der Waals surface area contributed by atoms with E-state index in [0.717, 1.165) is 6.42 Å². The fraction of sp³-hybridized carbons (Fsp3) is 0.889. The largest absolute Gasteiger partial charge is 0.393 e. The van der Waals surface area contributed by atoms with Crippen LogP contribution >= 0.6 is 0 Å². The van der Waals surface area contributed by atoms with E-state index in [9.17, 15) is 35.4 Å². The van der Waals surface area contributed by atoms with Gasteiger partial charge in [0.1, 0.15) is 6.10 Å². The van der Waals surface area contributed by atoms with Crippen molar-refractivity contribution in [3.8, 4) is 0 Å². The van der Waals surface area contributed by atoms with E-state index in [4.69, 9.17) is 0 Å². The Hall–Kier alpha value is -0.830. The summed E-state index contributed by atoms with van der Waals surface area (Å²) < 4.78 is 0. The summed E-state index contributed by atoms with van der Waals surface area (Å²) in [7, 11) is 0. The van der Waals surface area contributed by atoms with Gasteiger partial charge in [0, 0.05) is 17.8 Å². The highest BCUT2D eigenvalue weighted by Gasteiger charge is 2.68. The summed E-state index contributed by atoms with van der Waals surface area (Å²) in [6.45, 7) is 9.47. The summed E-state index contributed by atoms with van der Waals surface area (Å²) in [6.07, 6.45) is 3.15. The molecule has 0 spiro atoms. The van der Waals surface area contributed by atoms with Gasteiger partial charge in [-0.1, -0.05) is 20.8 Å². The third-order valence-electron chi connectivity index (χ3n) is 10.5. The first-order valence-electron chi connectivity index (χ1n) is 13.0. The van der Waals surface area contributed by atoms with Crippen LogP contribution in [0.15, 0.2) is 11.6 Å². The van der Waals surface area contributed by atoms with Crippen molar-refractivity contribution in [1.29, 1.82) is 0 Å². The first-order chi connectivity index (χ1) is 15.5. The summed E-state index contributed by atoms with van der Waals surface area (Å²) in [5.74, 6) is -3.10. The van der Waals surface area contributed by atoms with Crippen molar-refractivity contribution < 1.29 is 35.4 Å². The van der Waals surface area contributed by atoms with Crippen LogP contribution in [-0.4, -0.2) is 65.6 Å². The van der Waals surface area contributed by atoms with E-state index in [-0.39, 0.29) is 36.4 Å². The molecule has 0 heterocycles.